The van der Waals surface area contributed by atoms with E-state index in [1.165, 1.54) is 19.4 Å². The third-order valence-corrected chi connectivity index (χ3v) is 4.31. The van der Waals surface area contributed by atoms with Crippen LogP contribution in [0.3, 0.4) is 0 Å². The standard InChI is InChI=1S/C15H32N2/c1-11(2)15-8-7-9-17(15)14(6)13(5)10-16-12(3)4/h11-16H,7-10H2,1-6H3. The van der Waals surface area contributed by atoms with Crippen LogP contribution >= 0.6 is 0 Å². The Bertz CT molecular complexity index is 213. The van der Waals surface area contributed by atoms with Crippen molar-refractivity contribution in [1.82, 2.24) is 10.2 Å². The van der Waals surface area contributed by atoms with E-state index < -0.39 is 0 Å². The smallest absolute Gasteiger partial charge is 0.0122 e. The molecule has 0 aromatic heterocycles. The Kier molecular flexibility index (Phi) is 5.94. The maximum Gasteiger partial charge on any atom is 0.0122 e. The number of hydrogen-bond acceptors (Lipinski definition) is 2. The van der Waals surface area contributed by atoms with E-state index in [0.29, 0.717) is 12.1 Å². The van der Waals surface area contributed by atoms with Crippen LogP contribution in [-0.4, -0.2) is 36.1 Å². The maximum atomic E-state index is 3.57. The zero-order valence-electron chi connectivity index (χ0n) is 12.7. The fraction of sp³-hybridized carbons (Fsp3) is 1.00. The third kappa shape index (κ3) is 4.26. The fourth-order valence-corrected chi connectivity index (χ4v) is 2.96. The molecule has 0 spiro atoms. The molecule has 1 heterocycles. The van der Waals surface area contributed by atoms with Gasteiger partial charge in [0, 0.05) is 18.1 Å². The van der Waals surface area contributed by atoms with E-state index in [2.05, 4.69) is 51.8 Å². The van der Waals surface area contributed by atoms with Crippen LogP contribution in [0.15, 0.2) is 0 Å². The lowest BCUT2D eigenvalue weighted by Gasteiger charge is -2.36. The number of nitrogens with zero attached hydrogens (tertiary/aromatic N) is 1. The molecule has 17 heavy (non-hydrogen) atoms. The van der Waals surface area contributed by atoms with Gasteiger partial charge in [-0.1, -0.05) is 34.6 Å². The monoisotopic (exact) mass is 240 g/mol. The Balaban J connectivity index is 2.47. The minimum atomic E-state index is 0.601. The number of nitrogens with one attached hydrogen (secondary N) is 1. The predicted octanol–water partition coefficient (Wildman–Crippen LogP) is 3.13. The molecular weight excluding hydrogens is 208 g/mol. The van der Waals surface area contributed by atoms with Gasteiger partial charge in [-0.2, -0.15) is 0 Å². The first kappa shape index (κ1) is 15.0. The van der Waals surface area contributed by atoms with E-state index >= 15 is 0 Å². The second-order valence-electron chi connectivity index (χ2n) is 6.47. The Morgan fingerprint density at radius 2 is 1.76 bits per heavy atom. The van der Waals surface area contributed by atoms with E-state index in [-0.39, 0.29) is 0 Å². The highest BCUT2D eigenvalue weighted by Gasteiger charge is 2.32. The topological polar surface area (TPSA) is 15.3 Å². The molecule has 1 aliphatic heterocycles. The van der Waals surface area contributed by atoms with Crippen molar-refractivity contribution in [2.24, 2.45) is 11.8 Å². The van der Waals surface area contributed by atoms with Crippen LogP contribution in [0.5, 0.6) is 0 Å². The van der Waals surface area contributed by atoms with Crippen molar-refractivity contribution in [2.75, 3.05) is 13.1 Å². The van der Waals surface area contributed by atoms with Crippen LogP contribution in [-0.2, 0) is 0 Å². The van der Waals surface area contributed by atoms with Crippen LogP contribution in [0.2, 0.25) is 0 Å². The highest BCUT2D eigenvalue weighted by Crippen LogP contribution is 2.28. The lowest BCUT2D eigenvalue weighted by molar-refractivity contribution is 0.118. The van der Waals surface area contributed by atoms with E-state index in [1.807, 2.05) is 0 Å². The van der Waals surface area contributed by atoms with Crippen molar-refractivity contribution in [3.05, 3.63) is 0 Å². The fourth-order valence-electron chi connectivity index (χ4n) is 2.96. The van der Waals surface area contributed by atoms with Gasteiger partial charge in [-0.15, -0.1) is 0 Å². The van der Waals surface area contributed by atoms with Crippen molar-refractivity contribution in [3.8, 4) is 0 Å². The van der Waals surface area contributed by atoms with E-state index in [4.69, 9.17) is 0 Å². The summed E-state index contributed by atoms with van der Waals surface area (Å²) in [5, 5.41) is 3.57. The van der Waals surface area contributed by atoms with Crippen LogP contribution in [0.25, 0.3) is 0 Å². The molecule has 102 valence electrons. The lowest BCUT2D eigenvalue weighted by Crippen LogP contribution is -2.46. The van der Waals surface area contributed by atoms with Gasteiger partial charge in [-0.25, -0.2) is 0 Å². The number of hydrogen-bond donors (Lipinski definition) is 1. The highest BCUT2D eigenvalue weighted by molar-refractivity contribution is 4.87. The first-order chi connectivity index (χ1) is 7.93. The van der Waals surface area contributed by atoms with Crippen LogP contribution in [0, 0.1) is 11.8 Å². The van der Waals surface area contributed by atoms with Crippen molar-refractivity contribution >= 4 is 0 Å². The highest BCUT2D eigenvalue weighted by atomic mass is 15.2. The number of likely N-dealkylation sites (tertiary alicyclic amines) is 1. The predicted molar refractivity (Wildman–Crippen MR) is 76.3 cm³/mol. The molecule has 1 saturated heterocycles. The SMILES string of the molecule is CC(C)NCC(C)C(C)N1CCCC1C(C)C. The molecule has 3 atom stereocenters. The summed E-state index contributed by atoms with van der Waals surface area (Å²) in [5.41, 5.74) is 0. The molecule has 0 saturated carbocycles. The molecular formula is C15H32N2. The molecule has 0 aromatic rings. The average molecular weight is 240 g/mol. The largest absolute Gasteiger partial charge is 0.314 e. The van der Waals surface area contributed by atoms with Gasteiger partial charge in [0.05, 0.1) is 0 Å². The summed E-state index contributed by atoms with van der Waals surface area (Å²) in [4.78, 5) is 2.75. The molecule has 2 nitrogen and oxygen atoms in total. The van der Waals surface area contributed by atoms with Crippen LogP contribution < -0.4 is 5.32 Å². The normalized spacial score (nSPS) is 25.8. The van der Waals surface area contributed by atoms with E-state index in [0.717, 1.165) is 24.4 Å². The summed E-state index contributed by atoms with van der Waals surface area (Å²) >= 11 is 0. The van der Waals surface area contributed by atoms with Crippen LogP contribution in [0.1, 0.15) is 54.4 Å². The van der Waals surface area contributed by atoms with Gasteiger partial charge in [-0.05, 0) is 44.7 Å². The van der Waals surface area contributed by atoms with Gasteiger partial charge in [0.15, 0.2) is 0 Å². The van der Waals surface area contributed by atoms with Gasteiger partial charge >= 0.3 is 0 Å². The van der Waals surface area contributed by atoms with Crippen molar-refractivity contribution < 1.29 is 0 Å². The molecule has 0 bridgehead atoms. The summed E-state index contributed by atoms with van der Waals surface area (Å²) in [6.07, 6.45) is 2.78. The second-order valence-corrected chi connectivity index (χ2v) is 6.47. The molecule has 1 rings (SSSR count). The van der Waals surface area contributed by atoms with Gasteiger partial charge in [0.25, 0.3) is 0 Å². The second kappa shape index (κ2) is 6.75. The summed E-state index contributed by atoms with van der Waals surface area (Å²) in [5.74, 6) is 1.53. The average Bonchev–Trinajstić information content (AvgIpc) is 2.73. The molecule has 1 N–H and O–H groups in total. The summed E-state index contributed by atoms with van der Waals surface area (Å²) in [6, 6.07) is 2.12. The molecule has 1 aliphatic rings. The molecule has 1 fully saturated rings. The Hall–Kier alpha value is -0.0800. The summed E-state index contributed by atoms with van der Waals surface area (Å²) in [6.45, 7) is 16.4. The van der Waals surface area contributed by atoms with Gasteiger partial charge in [0.1, 0.15) is 0 Å². The molecule has 0 amide bonds. The minimum absolute atomic E-state index is 0.601. The van der Waals surface area contributed by atoms with Crippen molar-refractivity contribution in [3.63, 3.8) is 0 Å². The van der Waals surface area contributed by atoms with Crippen molar-refractivity contribution in [1.29, 1.82) is 0 Å². The maximum absolute atomic E-state index is 3.57. The first-order valence-electron chi connectivity index (χ1n) is 7.42. The zero-order valence-corrected chi connectivity index (χ0v) is 12.7. The molecule has 0 aromatic carbocycles. The quantitative estimate of drug-likeness (QED) is 0.767. The van der Waals surface area contributed by atoms with E-state index in [1.54, 1.807) is 0 Å². The Morgan fingerprint density at radius 3 is 2.29 bits per heavy atom. The third-order valence-electron chi connectivity index (χ3n) is 4.31. The minimum Gasteiger partial charge on any atom is -0.314 e. The van der Waals surface area contributed by atoms with Crippen molar-refractivity contribution in [2.45, 2.75) is 72.5 Å². The number of rotatable bonds is 6. The lowest BCUT2D eigenvalue weighted by atomic mass is 9.96. The van der Waals surface area contributed by atoms with Gasteiger partial charge < -0.3 is 5.32 Å². The van der Waals surface area contributed by atoms with Gasteiger partial charge in [0.2, 0.25) is 0 Å². The first-order valence-corrected chi connectivity index (χ1v) is 7.42. The molecule has 0 aliphatic carbocycles. The van der Waals surface area contributed by atoms with E-state index in [9.17, 15) is 0 Å². The van der Waals surface area contributed by atoms with Gasteiger partial charge in [-0.3, -0.25) is 4.90 Å². The molecule has 2 heteroatoms. The Labute approximate surface area is 108 Å². The Morgan fingerprint density at radius 1 is 1.12 bits per heavy atom. The summed E-state index contributed by atoms with van der Waals surface area (Å²) in [7, 11) is 0. The molecule has 0 radical (unpaired) electrons. The zero-order chi connectivity index (χ0) is 13.0. The van der Waals surface area contributed by atoms with Crippen LogP contribution in [0.4, 0.5) is 0 Å². The summed E-state index contributed by atoms with van der Waals surface area (Å²) < 4.78 is 0. The molecule has 3 unspecified atom stereocenters.